The topological polar surface area (TPSA) is 301 Å². The lowest BCUT2D eigenvalue weighted by molar-refractivity contribution is -0.143. The molecule has 2 aromatic rings. The van der Waals surface area contributed by atoms with Gasteiger partial charge in [0.05, 0.1) is 48.9 Å². The zero-order valence-electron chi connectivity index (χ0n) is 52.4. The van der Waals surface area contributed by atoms with Gasteiger partial charge < -0.3 is 55.1 Å². The Labute approximate surface area is 524 Å². The number of allylic oxidation sites excluding steroid dienone is 4. The van der Waals surface area contributed by atoms with Crippen LogP contribution < -0.4 is 15.4 Å². The Bertz CT molecular complexity index is 3030. The van der Waals surface area contributed by atoms with Crippen LogP contribution in [0.25, 0.3) is 10.2 Å². The molecule has 6 N–H and O–H groups in total. The van der Waals surface area contributed by atoms with Crippen molar-refractivity contribution in [1.82, 2.24) is 25.4 Å². The number of aliphatic imine (C=N–C) groups is 1. The van der Waals surface area contributed by atoms with Gasteiger partial charge in [-0.1, -0.05) is 27.7 Å². The van der Waals surface area contributed by atoms with Crippen LogP contribution in [0, 0.1) is 52.3 Å². The molecular weight excluding hydrogens is 1170 g/mol. The number of rotatable bonds is 29. The van der Waals surface area contributed by atoms with E-state index in [0.29, 0.717) is 104 Å². The third-order valence-electron chi connectivity index (χ3n) is 20.3. The van der Waals surface area contributed by atoms with Crippen LogP contribution in [-0.2, 0) is 43.0 Å². The van der Waals surface area contributed by atoms with E-state index < -0.39 is 35.5 Å². The van der Waals surface area contributed by atoms with Crippen molar-refractivity contribution in [3.63, 3.8) is 0 Å². The molecule has 4 fully saturated rings. The molecule has 0 radical (unpaired) electrons. The van der Waals surface area contributed by atoms with Crippen molar-refractivity contribution < 1.29 is 73.0 Å². The summed E-state index contributed by atoms with van der Waals surface area (Å²) in [7, 11) is 1.60. The van der Waals surface area contributed by atoms with Gasteiger partial charge in [-0.05, 0) is 157 Å². The Morgan fingerprint density at radius 1 is 0.841 bits per heavy atom. The Balaban J connectivity index is 0.726. The summed E-state index contributed by atoms with van der Waals surface area (Å²) in [5.74, 6) is -0.00327. The molecule has 5 aliphatic carbocycles. The molecule has 2 heterocycles. The summed E-state index contributed by atoms with van der Waals surface area (Å²) in [4.78, 5) is 115. The number of carbonyl (C=O) groups excluding carboxylic acids is 6. The summed E-state index contributed by atoms with van der Waals surface area (Å²) >= 11 is 2.61. The van der Waals surface area contributed by atoms with Crippen LogP contribution in [0.2, 0.25) is 0 Å². The van der Waals surface area contributed by atoms with E-state index in [-0.39, 0.29) is 136 Å². The number of hydrogen-bond acceptors (Lipinski definition) is 17. The number of aliphatic hydroxyl groups is 2. The number of thioether (sulfide) groups is 1. The predicted molar refractivity (Wildman–Crippen MR) is 334 cm³/mol. The van der Waals surface area contributed by atoms with E-state index in [1.807, 2.05) is 0 Å². The molecule has 0 saturated heterocycles. The number of unbranched alkanes of at least 4 members (excludes halogenated alkanes) is 1. The minimum Gasteiger partial charge on any atom is -0.480 e. The van der Waals surface area contributed by atoms with E-state index in [2.05, 4.69) is 34.5 Å². The highest BCUT2D eigenvalue weighted by atomic mass is 32.2. The standard InChI is InChI=1S/C65H92N6O15S2/c1-36(43-16-17-45-44-15-13-40-31-41(72)20-22-65(40,7)46(44)33-50(73)55(43)45)12-19-53(75)67-48(61(79)80)11-9-10-23-66-52(74)21-27-84-29-30-85-28-26-71(25-24-70(8)54(76)34-64(5,6)56-39(4)57(77)37(2)38(3)58(56)78)63(83)86-42-14-18-47-51(32-42)88-60(68-47)59-69-49(35-87-59)62(81)82/h14,18,32,36,40-41,43-46,48-50,55,72-73H,9-13,15-17,19-31,33-35H2,1-8H3,(H,66,74)(H,67,75)(H,79,80)(H,81,82)/t36-,40-,41-,43-,44+,45+,46+,48?,49?,50+,55-,65+/m1/s1. The summed E-state index contributed by atoms with van der Waals surface area (Å²) in [5, 5.41) is 48.1. The van der Waals surface area contributed by atoms with E-state index in [9.17, 15) is 58.8 Å². The summed E-state index contributed by atoms with van der Waals surface area (Å²) in [5.41, 5.74) is 1.22. The molecule has 4 amide bonds. The molecule has 21 nitrogen and oxygen atoms in total. The molecule has 2 unspecified atom stereocenters. The summed E-state index contributed by atoms with van der Waals surface area (Å²) in [6.45, 7) is 14.0. The van der Waals surface area contributed by atoms with Crippen molar-refractivity contribution >= 4 is 85.7 Å². The monoisotopic (exact) mass is 1260 g/mol. The maximum absolute atomic E-state index is 13.9. The predicted octanol–water partition coefficient (Wildman–Crippen LogP) is 8.02. The number of thiazole rings is 1. The van der Waals surface area contributed by atoms with Crippen molar-refractivity contribution in [2.75, 3.05) is 65.4 Å². The number of ether oxygens (including phenoxy) is 3. The molecule has 484 valence electrons. The number of hydrogen-bond donors (Lipinski definition) is 6. The first-order valence-corrected chi connectivity index (χ1v) is 33.4. The summed E-state index contributed by atoms with van der Waals surface area (Å²) in [6.07, 6.45) is 8.84. The third-order valence-corrected chi connectivity index (χ3v) is 22.6. The summed E-state index contributed by atoms with van der Waals surface area (Å²) in [6, 6.07) is 3.07. The lowest BCUT2D eigenvalue weighted by Crippen LogP contribution is -2.55. The second-order valence-corrected chi connectivity index (χ2v) is 28.5. The van der Waals surface area contributed by atoms with Gasteiger partial charge >= 0.3 is 18.0 Å². The molecule has 88 heavy (non-hydrogen) atoms. The Morgan fingerprint density at radius 3 is 2.30 bits per heavy atom. The zero-order valence-corrected chi connectivity index (χ0v) is 54.1. The van der Waals surface area contributed by atoms with Gasteiger partial charge in [0.25, 0.3) is 0 Å². The Hall–Kier alpha value is -5.59. The molecule has 1 aromatic heterocycles. The zero-order chi connectivity index (χ0) is 63.8. The first-order valence-electron chi connectivity index (χ1n) is 31.6. The van der Waals surface area contributed by atoms with Crippen LogP contribution in [-0.4, -0.2) is 177 Å². The van der Waals surface area contributed by atoms with Crippen molar-refractivity contribution in [3.05, 3.63) is 45.5 Å². The highest BCUT2D eigenvalue weighted by Crippen LogP contribution is 2.64. The average molecular weight is 1260 g/mol. The molecule has 1 aliphatic heterocycles. The average Bonchev–Trinajstić information content (AvgIpc) is 1.24. The fraction of sp³-hybridized carbons (Fsp3) is 0.692. The van der Waals surface area contributed by atoms with Gasteiger partial charge in [0.15, 0.2) is 17.6 Å². The highest BCUT2D eigenvalue weighted by molar-refractivity contribution is 8.15. The lowest BCUT2D eigenvalue weighted by Gasteiger charge is -2.59. The second kappa shape index (κ2) is 30.0. The maximum Gasteiger partial charge on any atom is 0.415 e. The van der Waals surface area contributed by atoms with E-state index in [1.165, 1.54) is 39.3 Å². The smallest absolute Gasteiger partial charge is 0.415 e. The molecule has 0 spiro atoms. The van der Waals surface area contributed by atoms with Crippen LogP contribution in [0.4, 0.5) is 4.79 Å². The normalized spacial score (nSPS) is 26.8. The number of carbonyl (C=O) groups is 8. The van der Waals surface area contributed by atoms with Crippen LogP contribution in [0.1, 0.15) is 150 Å². The number of fused-ring (bicyclic) bond motifs is 6. The Kier molecular flexibility index (Phi) is 23.3. The fourth-order valence-corrected chi connectivity index (χ4v) is 17.3. The van der Waals surface area contributed by atoms with Crippen LogP contribution in [0.3, 0.4) is 0 Å². The number of aliphatic carboxylic acids is 2. The number of amides is 4. The number of likely N-dealkylation sites (N-methyl/N-ethyl adjacent to an activating group) is 1. The van der Waals surface area contributed by atoms with E-state index in [4.69, 9.17) is 14.2 Å². The number of aromatic nitrogens is 1. The number of benzene rings is 1. The van der Waals surface area contributed by atoms with E-state index in [1.54, 1.807) is 59.9 Å². The minimum absolute atomic E-state index is 0.0477. The minimum atomic E-state index is -1.10. The molecule has 6 aliphatic rings. The number of nitrogens with zero attached hydrogens (tertiary/aromatic N) is 4. The molecule has 12 atom stereocenters. The summed E-state index contributed by atoms with van der Waals surface area (Å²) < 4.78 is 18.0. The number of Topliss-reactive ketones (excluding diaryl/α,β-unsaturated/α-hetero) is 2. The van der Waals surface area contributed by atoms with E-state index >= 15 is 0 Å². The SMILES string of the molecule is CC1=C(C)C(=O)C(C(C)(C)CC(=O)N(C)CCN(CCOCCOCCC(=O)NCCCCC(NC(=O)CC[C@@H](C)[C@H]2CC[C@H]3[C@@H]4CC[C@@H]5C[C@H](O)CC[C@]5(C)[C@H]4C[C@H](O)[C@@H]32)C(=O)O)C(=O)Oc2ccc3nc(C4=NC(C(=O)O)CS4)sc3c2)=C(C)C1=O. The van der Waals surface area contributed by atoms with Crippen LogP contribution >= 0.6 is 23.1 Å². The number of carboxylic acid groups (broad SMARTS) is 2. The van der Waals surface area contributed by atoms with Gasteiger partial charge in [0, 0.05) is 92.0 Å². The van der Waals surface area contributed by atoms with Gasteiger partial charge in [-0.15, -0.1) is 23.1 Å². The first-order chi connectivity index (χ1) is 41.8. The van der Waals surface area contributed by atoms with Gasteiger partial charge in [-0.25, -0.2) is 19.4 Å². The molecule has 0 bridgehead atoms. The van der Waals surface area contributed by atoms with Gasteiger partial charge in [0.1, 0.15) is 21.8 Å². The van der Waals surface area contributed by atoms with Gasteiger partial charge in [-0.2, -0.15) is 0 Å². The second-order valence-electron chi connectivity index (χ2n) is 26.4. The molecule has 1 aromatic carbocycles. The molecule has 8 rings (SSSR count). The largest absolute Gasteiger partial charge is 0.480 e. The fourth-order valence-electron chi connectivity index (χ4n) is 15.2. The highest BCUT2D eigenvalue weighted by Gasteiger charge is 2.59. The Morgan fingerprint density at radius 2 is 1.57 bits per heavy atom. The number of aliphatic hydroxyl groups excluding tert-OH is 2. The quantitative estimate of drug-likeness (QED) is 0.0332. The first kappa shape index (κ1) is 68.3. The molecular formula is C65H92N6O15S2. The van der Waals surface area contributed by atoms with Crippen molar-refractivity contribution in [1.29, 1.82) is 0 Å². The van der Waals surface area contributed by atoms with Crippen molar-refractivity contribution in [2.45, 2.75) is 169 Å². The number of carboxylic acids is 2. The van der Waals surface area contributed by atoms with Crippen molar-refractivity contribution in [3.8, 4) is 5.75 Å². The third kappa shape index (κ3) is 16.3. The van der Waals surface area contributed by atoms with Crippen LogP contribution in [0.5, 0.6) is 5.75 Å². The number of nitrogens with one attached hydrogen (secondary N) is 2. The van der Waals surface area contributed by atoms with E-state index in [0.717, 1.165) is 44.9 Å². The van der Waals surface area contributed by atoms with Gasteiger partial charge in [-0.3, -0.25) is 29.0 Å². The molecule has 23 heteroatoms. The lowest BCUT2D eigenvalue weighted by atomic mass is 9.46. The van der Waals surface area contributed by atoms with Crippen molar-refractivity contribution in [2.24, 2.45) is 57.2 Å². The maximum atomic E-state index is 13.9. The van der Waals surface area contributed by atoms with Gasteiger partial charge in [0.2, 0.25) is 17.7 Å². The number of ketones is 2. The molecule has 4 saturated carbocycles. The van der Waals surface area contributed by atoms with Crippen LogP contribution in [0.15, 0.2) is 45.5 Å².